The molecule has 3 aliphatic rings. The van der Waals surface area contributed by atoms with Gasteiger partial charge in [-0.05, 0) is 48.9 Å². The number of ether oxygens (including phenoxy) is 1. The average molecular weight is 315 g/mol. The van der Waals surface area contributed by atoms with Crippen LogP contribution in [0.4, 0.5) is 16.2 Å². The molecular formula is C17H21N3O3. The Morgan fingerprint density at radius 1 is 1.13 bits per heavy atom. The zero-order chi connectivity index (χ0) is 15.8. The highest BCUT2D eigenvalue weighted by molar-refractivity contribution is 6.00. The fourth-order valence-corrected chi connectivity index (χ4v) is 3.72. The summed E-state index contributed by atoms with van der Waals surface area (Å²) in [5, 5.41) is 5.96. The Hall–Kier alpha value is -2.08. The first-order valence-corrected chi connectivity index (χ1v) is 8.32. The number of amides is 3. The summed E-state index contributed by atoms with van der Waals surface area (Å²) >= 11 is 0. The Labute approximate surface area is 135 Å². The van der Waals surface area contributed by atoms with Gasteiger partial charge in [-0.1, -0.05) is 0 Å². The van der Waals surface area contributed by atoms with E-state index in [4.69, 9.17) is 4.74 Å². The monoisotopic (exact) mass is 315 g/mol. The molecule has 6 heteroatoms. The summed E-state index contributed by atoms with van der Waals surface area (Å²) in [5.41, 5.74) is 4.23. The minimum atomic E-state index is -0.161. The number of aryl methyl sites for hydroxylation is 1. The van der Waals surface area contributed by atoms with Crippen LogP contribution in [0, 0.1) is 0 Å². The first-order valence-electron chi connectivity index (χ1n) is 8.32. The number of hydrogen-bond acceptors (Lipinski definition) is 3. The van der Waals surface area contributed by atoms with E-state index in [0.717, 1.165) is 49.2 Å². The quantitative estimate of drug-likeness (QED) is 0.874. The molecule has 4 rings (SSSR count). The minimum absolute atomic E-state index is 0.161. The van der Waals surface area contributed by atoms with Crippen molar-refractivity contribution in [3.05, 3.63) is 23.3 Å². The van der Waals surface area contributed by atoms with E-state index < -0.39 is 0 Å². The van der Waals surface area contributed by atoms with E-state index >= 15 is 0 Å². The highest BCUT2D eigenvalue weighted by Gasteiger charge is 2.31. The lowest BCUT2D eigenvalue weighted by molar-refractivity contribution is -0.118. The van der Waals surface area contributed by atoms with Crippen molar-refractivity contribution in [2.45, 2.75) is 38.1 Å². The third-order valence-electron chi connectivity index (χ3n) is 4.87. The van der Waals surface area contributed by atoms with Gasteiger partial charge in [-0.2, -0.15) is 0 Å². The van der Waals surface area contributed by atoms with Crippen LogP contribution in [0.15, 0.2) is 12.1 Å². The molecule has 0 saturated carbocycles. The standard InChI is InChI=1S/C17H21N3O3/c21-15-2-1-11-9-14(10-12-3-6-20(15)16(11)12)19-17(22)18-13-4-7-23-8-5-13/h9-10,13H,1-8H2,(H2,18,19,22). The Balaban J connectivity index is 1.48. The van der Waals surface area contributed by atoms with Gasteiger partial charge >= 0.3 is 6.03 Å². The topological polar surface area (TPSA) is 70.7 Å². The molecule has 0 radical (unpaired) electrons. The molecule has 6 nitrogen and oxygen atoms in total. The largest absolute Gasteiger partial charge is 0.381 e. The molecule has 0 unspecified atom stereocenters. The van der Waals surface area contributed by atoms with Gasteiger partial charge in [0.15, 0.2) is 0 Å². The summed E-state index contributed by atoms with van der Waals surface area (Å²) in [5.74, 6) is 0.217. The van der Waals surface area contributed by atoms with E-state index in [1.807, 2.05) is 17.0 Å². The molecule has 3 amide bonds. The van der Waals surface area contributed by atoms with Gasteiger partial charge in [-0.15, -0.1) is 0 Å². The van der Waals surface area contributed by atoms with Gasteiger partial charge in [-0.25, -0.2) is 4.79 Å². The predicted molar refractivity (Wildman–Crippen MR) is 86.8 cm³/mol. The number of nitrogens with one attached hydrogen (secondary N) is 2. The molecule has 0 aromatic heterocycles. The van der Waals surface area contributed by atoms with Crippen LogP contribution in [-0.4, -0.2) is 37.7 Å². The van der Waals surface area contributed by atoms with Crippen LogP contribution in [-0.2, 0) is 22.4 Å². The second-order valence-electron chi connectivity index (χ2n) is 6.42. The smallest absolute Gasteiger partial charge is 0.319 e. The average Bonchev–Trinajstić information content (AvgIpc) is 2.97. The lowest BCUT2D eigenvalue weighted by atomic mass is 9.98. The van der Waals surface area contributed by atoms with Crippen molar-refractivity contribution in [2.75, 3.05) is 30.0 Å². The van der Waals surface area contributed by atoms with E-state index in [0.29, 0.717) is 19.6 Å². The molecule has 1 aromatic carbocycles. The van der Waals surface area contributed by atoms with Gasteiger partial charge in [-0.3, -0.25) is 4.79 Å². The van der Waals surface area contributed by atoms with Crippen LogP contribution < -0.4 is 15.5 Å². The molecule has 3 heterocycles. The first-order chi connectivity index (χ1) is 11.2. The van der Waals surface area contributed by atoms with Crippen LogP contribution >= 0.6 is 0 Å². The maximum Gasteiger partial charge on any atom is 0.319 e. The van der Waals surface area contributed by atoms with Crippen molar-refractivity contribution in [3.63, 3.8) is 0 Å². The van der Waals surface area contributed by atoms with Crippen molar-refractivity contribution in [1.29, 1.82) is 0 Å². The molecular weight excluding hydrogens is 294 g/mol. The van der Waals surface area contributed by atoms with E-state index in [1.54, 1.807) is 0 Å². The fraction of sp³-hybridized carbons (Fsp3) is 0.529. The Morgan fingerprint density at radius 2 is 1.87 bits per heavy atom. The second kappa shape index (κ2) is 5.85. The summed E-state index contributed by atoms with van der Waals surface area (Å²) in [6.07, 6.45) is 3.91. The molecule has 122 valence electrons. The lowest BCUT2D eigenvalue weighted by Crippen LogP contribution is -2.41. The SMILES string of the molecule is O=C(Nc1cc2c3c(c1)CCN3C(=O)CC2)NC1CCOCC1. The molecule has 3 aliphatic heterocycles. The Bertz CT molecular complexity index is 653. The molecule has 1 fully saturated rings. The number of benzene rings is 1. The number of carbonyl (C=O) groups excluding carboxylic acids is 2. The van der Waals surface area contributed by atoms with Crippen LogP contribution in [0.2, 0.25) is 0 Å². The molecule has 0 atom stereocenters. The van der Waals surface area contributed by atoms with Crippen LogP contribution in [0.25, 0.3) is 0 Å². The number of rotatable bonds is 2. The number of hydrogen-bond donors (Lipinski definition) is 2. The number of nitrogens with zero attached hydrogens (tertiary/aromatic N) is 1. The van der Waals surface area contributed by atoms with Crippen molar-refractivity contribution < 1.29 is 14.3 Å². The fourth-order valence-electron chi connectivity index (χ4n) is 3.72. The molecule has 23 heavy (non-hydrogen) atoms. The number of carbonyl (C=O) groups is 2. The molecule has 1 aromatic rings. The van der Waals surface area contributed by atoms with Crippen LogP contribution in [0.1, 0.15) is 30.4 Å². The van der Waals surface area contributed by atoms with Gasteiger partial charge in [0.05, 0.1) is 5.69 Å². The van der Waals surface area contributed by atoms with E-state index in [2.05, 4.69) is 10.6 Å². The summed E-state index contributed by atoms with van der Waals surface area (Å²) in [6.45, 7) is 2.18. The zero-order valence-corrected chi connectivity index (χ0v) is 13.1. The predicted octanol–water partition coefficient (Wildman–Crippen LogP) is 1.82. The molecule has 0 aliphatic carbocycles. The third kappa shape index (κ3) is 2.79. The minimum Gasteiger partial charge on any atom is -0.381 e. The van der Waals surface area contributed by atoms with Gasteiger partial charge in [0, 0.05) is 37.9 Å². The molecule has 1 saturated heterocycles. The second-order valence-corrected chi connectivity index (χ2v) is 6.42. The highest BCUT2D eigenvalue weighted by Crippen LogP contribution is 2.38. The molecule has 0 spiro atoms. The van der Waals surface area contributed by atoms with Gasteiger partial charge < -0.3 is 20.3 Å². The highest BCUT2D eigenvalue weighted by atomic mass is 16.5. The Kier molecular flexibility index (Phi) is 3.69. The van der Waals surface area contributed by atoms with E-state index in [1.165, 1.54) is 5.56 Å². The first kappa shape index (κ1) is 14.5. The van der Waals surface area contributed by atoms with Crippen molar-refractivity contribution >= 4 is 23.3 Å². The number of anilines is 2. The maximum atomic E-state index is 12.2. The summed E-state index contributed by atoms with van der Waals surface area (Å²) in [7, 11) is 0. The van der Waals surface area contributed by atoms with Crippen LogP contribution in [0.5, 0.6) is 0 Å². The third-order valence-corrected chi connectivity index (χ3v) is 4.87. The van der Waals surface area contributed by atoms with Crippen molar-refractivity contribution in [1.82, 2.24) is 5.32 Å². The summed E-state index contributed by atoms with van der Waals surface area (Å²) < 4.78 is 5.30. The van der Waals surface area contributed by atoms with Crippen molar-refractivity contribution in [2.24, 2.45) is 0 Å². The summed E-state index contributed by atoms with van der Waals surface area (Å²) in [6, 6.07) is 4.03. The zero-order valence-electron chi connectivity index (χ0n) is 13.1. The number of urea groups is 1. The van der Waals surface area contributed by atoms with E-state index in [9.17, 15) is 9.59 Å². The van der Waals surface area contributed by atoms with E-state index in [-0.39, 0.29) is 18.0 Å². The van der Waals surface area contributed by atoms with Crippen LogP contribution in [0.3, 0.4) is 0 Å². The lowest BCUT2D eigenvalue weighted by Gasteiger charge is -2.26. The maximum absolute atomic E-state index is 12.2. The molecule has 2 N–H and O–H groups in total. The normalized spacial score (nSPS) is 20.3. The van der Waals surface area contributed by atoms with Gasteiger partial charge in [0.1, 0.15) is 0 Å². The molecule has 0 bridgehead atoms. The Morgan fingerprint density at radius 3 is 2.65 bits per heavy atom. The van der Waals surface area contributed by atoms with Crippen molar-refractivity contribution in [3.8, 4) is 0 Å². The summed E-state index contributed by atoms with van der Waals surface area (Å²) in [4.78, 5) is 26.0. The van der Waals surface area contributed by atoms with Gasteiger partial charge in [0.25, 0.3) is 0 Å². The van der Waals surface area contributed by atoms with Gasteiger partial charge in [0.2, 0.25) is 5.91 Å².